The molecule has 0 atom stereocenters. The van der Waals surface area contributed by atoms with Crippen LogP contribution in [0.3, 0.4) is 0 Å². The van der Waals surface area contributed by atoms with E-state index >= 15 is 0 Å². The zero-order valence-corrected chi connectivity index (χ0v) is 6.18. The first kappa shape index (κ1) is 8.76. The molecule has 1 aromatic heterocycles. The fraction of sp³-hybridized carbons (Fsp3) is 0.333. The monoisotopic (exact) mass is 177 g/mol. The maximum Gasteiger partial charge on any atom is 0.435 e. The zero-order chi connectivity index (χ0) is 9.35. The lowest BCUT2D eigenvalue weighted by Gasteiger charge is -2.07. The van der Waals surface area contributed by atoms with Crippen molar-refractivity contribution in [3.8, 4) is 0 Å². The van der Waals surface area contributed by atoms with E-state index in [1.165, 1.54) is 6.92 Å². The molecule has 0 aliphatic rings. The van der Waals surface area contributed by atoms with Gasteiger partial charge in [-0.15, -0.1) is 10.2 Å². The minimum Gasteiger partial charge on any atom is -0.382 e. The molecule has 0 fully saturated rings. The number of hydrogen-bond donors (Lipinski definition) is 1. The van der Waals surface area contributed by atoms with Crippen molar-refractivity contribution in [2.45, 2.75) is 13.1 Å². The summed E-state index contributed by atoms with van der Waals surface area (Å²) in [6.07, 6.45) is -4.45. The molecule has 66 valence electrons. The molecule has 0 unspecified atom stereocenters. The summed E-state index contributed by atoms with van der Waals surface area (Å²) in [5.74, 6) is -0.0134. The van der Waals surface area contributed by atoms with E-state index in [1.807, 2.05) is 0 Å². The summed E-state index contributed by atoms with van der Waals surface area (Å²) < 4.78 is 36.1. The molecule has 3 nitrogen and oxygen atoms in total. The van der Waals surface area contributed by atoms with Gasteiger partial charge in [0.25, 0.3) is 0 Å². The highest BCUT2D eigenvalue weighted by Crippen LogP contribution is 2.29. The third-order valence-electron chi connectivity index (χ3n) is 1.27. The second-order valence-corrected chi connectivity index (χ2v) is 2.30. The summed E-state index contributed by atoms with van der Waals surface area (Å²) in [6.45, 7) is 1.29. The van der Waals surface area contributed by atoms with E-state index in [0.29, 0.717) is 0 Å². The molecule has 0 radical (unpaired) electrons. The van der Waals surface area contributed by atoms with Crippen LogP contribution in [0, 0.1) is 6.92 Å². The van der Waals surface area contributed by atoms with E-state index in [1.54, 1.807) is 0 Å². The lowest BCUT2D eigenvalue weighted by molar-refractivity contribution is -0.142. The Morgan fingerprint density at radius 2 is 1.92 bits per heavy atom. The second kappa shape index (κ2) is 2.62. The zero-order valence-electron chi connectivity index (χ0n) is 6.18. The number of rotatable bonds is 0. The molecule has 1 heterocycles. The van der Waals surface area contributed by atoms with Crippen LogP contribution in [-0.4, -0.2) is 10.2 Å². The molecule has 0 saturated heterocycles. The molecule has 0 aliphatic carbocycles. The number of nitrogen functional groups attached to an aromatic ring is 1. The van der Waals surface area contributed by atoms with E-state index in [0.717, 1.165) is 6.07 Å². The lowest BCUT2D eigenvalue weighted by Crippen LogP contribution is -2.12. The fourth-order valence-corrected chi connectivity index (χ4v) is 0.786. The SMILES string of the molecule is Cc1cc(N)nnc1C(F)(F)F. The molecule has 1 rings (SSSR count). The number of nitrogens with two attached hydrogens (primary N) is 1. The van der Waals surface area contributed by atoms with Gasteiger partial charge in [-0.05, 0) is 18.6 Å². The molecule has 0 spiro atoms. The normalized spacial score (nSPS) is 11.7. The van der Waals surface area contributed by atoms with Crippen LogP contribution in [0.5, 0.6) is 0 Å². The van der Waals surface area contributed by atoms with Crippen molar-refractivity contribution in [3.63, 3.8) is 0 Å². The number of aryl methyl sites for hydroxylation is 1. The largest absolute Gasteiger partial charge is 0.435 e. The van der Waals surface area contributed by atoms with Crippen molar-refractivity contribution >= 4 is 5.82 Å². The lowest BCUT2D eigenvalue weighted by atomic mass is 10.2. The summed E-state index contributed by atoms with van der Waals surface area (Å²) in [7, 11) is 0. The van der Waals surface area contributed by atoms with Crippen LogP contribution < -0.4 is 5.73 Å². The molecule has 2 N–H and O–H groups in total. The van der Waals surface area contributed by atoms with Crippen LogP contribution in [0.1, 0.15) is 11.3 Å². The molecule has 6 heteroatoms. The van der Waals surface area contributed by atoms with Gasteiger partial charge in [-0.2, -0.15) is 13.2 Å². The van der Waals surface area contributed by atoms with Crippen molar-refractivity contribution < 1.29 is 13.2 Å². The molecule has 1 aromatic rings. The van der Waals surface area contributed by atoms with Crippen molar-refractivity contribution in [1.29, 1.82) is 0 Å². The highest BCUT2D eigenvalue weighted by Gasteiger charge is 2.34. The first-order chi connectivity index (χ1) is 5.41. The van der Waals surface area contributed by atoms with E-state index < -0.39 is 11.9 Å². The molecular formula is C6H6F3N3. The minimum atomic E-state index is -4.45. The standard InChI is InChI=1S/C6H6F3N3/c1-3-2-4(10)11-12-5(3)6(7,8)9/h2H,1H3,(H2,10,11). The summed E-state index contributed by atoms with van der Waals surface area (Å²) in [5, 5.41) is 6.06. The first-order valence-electron chi connectivity index (χ1n) is 3.08. The van der Waals surface area contributed by atoms with Gasteiger partial charge in [-0.1, -0.05) is 0 Å². The molecule has 0 aliphatic heterocycles. The smallest absolute Gasteiger partial charge is 0.382 e. The molecule has 0 aromatic carbocycles. The third kappa shape index (κ3) is 1.63. The predicted octanol–water partition coefficient (Wildman–Crippen LogP) is 1.39. The maximum atomic E-state index is 12.0. The van der Waals surface area contributed by atoms with Gasteiger partial charge < -0.3 is 5.73 Å². The third-order valence-corrected chi connectivity index (χ3v) is 1.27. The van der Waals surface area contributed by atoms with Crippen LogP contribution in [0.25, 0.3) is 0 Å². The quantitative estimate of drug-likeness (QED) is 0.651. The molecule has 0 amide bonds. The van der Waals surface area contributed by atoms with Crippen LogP contribution in [0.4, 0.5) is 19.0 Å². The number of hydrogen-bond acceptors (Lipinski definition) is 3. The van der Waals surface area contributed by atoms with Crippen LogP contribution in [-0.2, 0) is 6.18 Å². The Morgan fingerprint density at radius 3 is 2.33 bits per heavy atom. The van der Waals surface area contributed by atoms with Gasteiger partial charge >= 0.3 is 6.18 Å². The Hall–Kier alpha value is -1.33. The molecule has 12 heavy (non-hydrogen) atoms. The van der Waals surface area contributed by atoms with Crippen molar-refractivity contribution in [1.82, 2.24) is 10.2 Å². The Bertz CT molecular complexity index is 295. The van der Waals surface area contributed by atoms with Gasteiger partial charge in [0, 0.05) is 0 Å². The molecule has 0 saturated carbocycles. The van der Waals surface area contributed by atoms with Crippen molar-refractivity contribution in [3.05, 3.63) is 17.3 Å². The van der Waals surface area contributed by atoms with Gasteiger partial charge in [0.15, 0.2) is 5.69 Å². The average Bonchev–Trinajstić information content (AvgIpc) is 1.83. The van der Waals surface area contributed by atoms with Gasteiger partial charge in [-0.3, -0.25) is 0 Å². The highest BCUT2D eigenvalue weighted by atomic mass is 19.4. The minimum absolute atomic E-state index is 0.0134. The Labute approximate surface area is 66.4 Å². The van der Waals surface area contributed by atoms with Gasteiger partial charge in [0.1, 0.15) is 5.82 Å². The molecular weight excluding hydrogens is 171 g/mol. The van der Waals surface area contributed by atoms with Crippen molar-refractivity contribution in [2.75, 3.05) is 5.73 Å². The van der Waals surface area contributed by atoms with E-state index in [4.69, 9.17) is 5.73 Å². The molecule has 0 bridgehead atoms. The topological polar surface area (TPSA) is 51.8 Å². The number of alkyl halides is 3. The summed E-state index contributed by atoms with van der Waals surface area (Å²) in [4.78, 5) is 0. The second-order valence-electron chi connectivity index (χ2n) is 2.30. The first-order valence-corrected chi connectivity index (χ1v) is 3.08. The van der Waals surface area contributed by atoms with E-state index in [2.05, 4.69) is 10.2 Å². The summed E-state index contributed by atoms with van der Waals surface area (Å²) >= 11 is 0. The van der Waals surface area contributed by atoms with Gasteiger partial charge in [0.05, 0.1) is 0 Å². The number of anilines is 1. The Balaban J connectivity index is 3.19. The average molecular weight is 177 g/mol. The van der Waals surface area contributed by atoms with Gasteiger partial charge in [0.2, 0.25) is 0 Å². The van der Waals surface area contributed by atoms with E-state index in [9.17, 15) is 13.2 Å². The fourth-order valence-electron chi connectivity index (χ4n) is 0.786. The predicted molar refractivity (Wildman–Crippen MR) is 36.2 cm³/mol. The number of nitrogens with zero attached hydrogens (tertiary/aromatic N) is 2. The number of halogens is 3. The van der Waals surface area contributed by atoms with Gasteiger partial charge in [-0.25, -0.2) is 0 Å². The number of aromatic nitrogens is 2. The van der Waals surface area contributed by atoms with Crippen LogP contribution in [0.2, 0.25) is 0 Å². The highest BCUT2D eigenvalue weighted by molar-refractivity contribution is 5.33. The summed E-state index contributed by atoms with van der Waals surface area (Å²) in [6, 6.07) is 1.13. The summed E-state index contributed by atoms with van der Waals surface area (Å²) in [5.41, 5.74) is 4.12. The van der Waals surface area contributed by atoms with Crippen LogP contribution in [0.15, 0.2) is 6.07 Å². The maximum absolute atomic E-state index is 12.0. The van der Waals surface area contributed by atoms with Crippen LogP contribution >= 0.6 is 0 Å². The van der Waals surface area contributed by atoms with E-state index in [-0.39, 0.29) is 11.4 Å². The van der Waals surface area contributed by atoms with Crippen molar-refractivity contribution in [2.24, 2.45) is 0 Å². The Kier molecular flexibility index (Phi) is 1.91. The Morgan fingerprint density at radius 1 is 1.33 bits per heavy atom.